The standard InChI is InChI=1S/C30H21Cl2F2N3O5/c31-17-9-16(10-18(32)11-17)27-26(15-42-30(27)41)36-7-5-35(6-8-36)25-13-24-21(12-23(25)34)28(38)22(29(39)40)14-37(24)20-3-1-19(33)2-4-20/h1-4,9-14H,5-8,15H2,(H,39,40). The number of carboxylic acid groups (broad SMARTS) is 1. The molecule has 12 heteroatoms. The van der Waals surface area contributed by atoms with Gasteiger partial charge in [-0.05, 0) is 60.2 Å². The van der Waals surface area contributed by atoms with Crippen molar-refractivity contribution in [2.45, 2.75) is 0 Å². The summed E-state index contributed by atoms with van der Waals surface area (Å²) in [5.41, 5.74) is 1.14. The Morgan fingerprint density at radius 3 is 2.17 bits per heavy atom. The Kier molecular flexibility index (Phi) is 7.12. The number of nitrogens with zero attached hydrogens (tertiary/aromatic N) is 3. The predicted molar refractivity (Wildman–Crippen MR) is 155 cm³/mol. The highest BCUT2D eigenvalue weighted by Gasteiger charge is 2.32. The summed E-state index contributed by atoms with van der Waals surface area (Å²) in [6.07, 6.45) is 1.16. The summed E-state index contributed by atoms with van der Waals surface area (Å²) in [7, 11) is 0. The largest absolute Gasteiger partial charge is 0.477 e. The lowest BCUT2D eigenvalue weighted by atomic mass is 10.0. The summed E-state index contributed by atoms with van der Waals surface area (Å²) in [5.74, 6) is -3.11. The van der Waals surface area contributed by atoms with Crippen molar-refractivity contribution >= 4 is 57.3 Å². The molecule has 42 heavy (non-hydrogen) atoms. The lowest BCUT2D eigenvalue weighted by molar-refractivity contribution is -0.134. The van der Waals surface area contributed by atoms with Crippen LogP contribution in [0.1, 0.15) is 15.9 Å². The maximum atomic E-state index is 15.5. The van der Waals surface area contributed by atoms with Crippen LogP contribution in [-0.4, -0.2) is 59.3 Å². The van der Waals surface area contributed by atoms with Crippen LogP contribution < -0.4 is 10.3 Å². The molecule has 6 rings (SSSR count). The number of ether oxygens (including phenoxy) is 1. The highest BCUT2D eigenvalue weighted by molar-refractivity contribution is 6.35. The fraction of sp³-hybridized carbons (Fsp3) is 0.167. The van der Waals surface area contributed by atoms with E-state index in [4.69, 9.17) is 27.9 Å². The number of carbonyl (C=O) groups excluding carboxylic acids is 1. The van der Waals surface area contributed by atoms with Gasteiger partial charge < -0.3 is 24.2 Å². The minimum absolute atomic E-state index is 0.0818. The van der Waals surface area contributed by atoms with Gasteiger partial charge >= 0.3 is 11.9 Å². The van der Waals surface area contributed by atoms with Crippen LogP contribution in [0.3, 0.4) is 0 Å². The Morgan fingerprint density at radius 1 is 0.881 bits per heavy atom. The van der Waals surface area contributed by atoms with Gasteiger partial charge in [-0.1, -0.05) is 23.2 Å². The van der Waals surface area contributed by atoms with Crippen LogP contribution in [0.2, 0.25) is 10.0 Å². The van der Waals surface area contributed by atoms with E-state index in [-0.39, 0.29) is 23.2 Å². The minimum Gasteiger partial charge on any atom is -0.477 e. The van der Waals surface area contributed by atoms with Crippen molar-refractivity contribution in [2.75, 3.05) is 37.7 Å². The Balaban J connectivity index is 1.35. The number of pyridine rings is 1. The smallest absolute Gasteiger partial charge is 0.341 e. The first-order valence-corrected chi connectivity index (χ1v) is 13.6. The lowest BCUT2D eigenvalue weighted by Crippen LogP contribution is -2.46. The van der Waals surface area contributed by atoms with Gasteiger partial charge in [0.2, 0.25) is 5.43 Å². The van der Waals surface area contributed by atoms with Gasteiger partial charge in [-0.15, -0.1) is 0 Å². The monoisotopic (exact) mass is 611 g/mol. The van der Waals surface area contributed by atoms with E-state index < -0.39 is 34.6 Å². The average Bonchev–Trinajstić information content (AvgIpc) is 3.34. The van der Waals surface area contributed by atoms with Gasteiger partial charge in [0, 0.05) is 53.5 Å². The summed E-state index contributed by atoms with van der Waals surface area (Å²) < 4.78 is 35.9. The summed E-state index contributed by atoms with van der Waals surface area (Å²) in [6, 6.07) is 12.7. The molecule has 0 radical (unpaired) electrons. The highest BCUT2D eigenvalue weighted by Crippen LogP contribution is 2.34. The molecule has 0 unspecified atom stereocenters. The molecule has 0 amide bonds. The van der Waals surface area contributed by atoms with Gasteiger partial charge in [0.25, 0.3) is 0 Å². The van der Waals surface area contributed by atoms with Crippen LogP contribution in [0, 0.1) is 11.6 Å². The first-order chi connectivity index (χ1) is 20.1. The molecular formula is C30H21Cl2F2N3O5. The summed E-state index contributed by atoms with van der Waals surface area (Å²) in [5, 5.41) is 10.2. The maximum Gasteiger partial charge on any atom is 0.341 e. The van der Waals surface area contributed by atoms with E-state index in [1.807, 2.05) is 9.80 Å². The van der Waals surface area contributed by atoms with E-state index in [2.05, 4.69) is 0 Å². The zero-order valence-electron chi connectivity index (χ0n) is 21.7. The van der Waals surface area contributed by atoms with E-state index >= 15 is 4.39 Å². The zero-order valence-corrected chi connectivity index (χ0v) is 23.3. The van der Waals surface area contributed by atoms with E-state index in [0.717, 1.165) is 12.3 Å². The summed E-state index contributed by atoms with van der Waals surface area (Å²) in [6.45, 7) is 1.70. The molecule has 3 aromatic carbocycles. The lowest BCUT2D eigenvalue weighted by Gasteiger charge is -2.38. The number of cyclic esters (lactones) is 1. The van der Waals surface area contributed by atoms with E-state index in [1.54, 1.807) is 18.2 Å². The molecule has 4 aromatic rings. The molecule has 1 saturated heterocycles. The van der Waals surface area contributed by atoms with Gasteiger partial charge in [-0.2, -0.15) is 0 Å². The molecule has 3 heterocycles. The third-order valence-electron chi connectivity index (χ3n) is 7.39. The average molecular weight is 612 g/mol. The molecule has 2 aliphatic rings. The second-order valence-electron chi connectivity index (χ2n) is 9.87. The maximum absolute atomic E-state index is 15.5. The number of anilines is 1. The number of aromatic nitrogens is 1. The summed E-state index contributed by atoms with van der Waals surface area (Å²) >= 11 is 12.3. The molecule has 1 N–H and O–H groups in total. The number of halogens is 4. The number of hydrogen-bond acceptors (Lipinski definition) is 6. The first kappa shape index (κ1) is 27.7. The fourth-order valence-corrected chi connectivity index (χ4v) is 5.92. The van der Waals surface area contributed by atoms with Gasteiger partial charge in [0.1, 0.15) is 23.8 Å². The highest BCUT2D eigenvalue weighted by atomic mass is 35.5. The molecule has 0 aliphatic carbocycles. The van der Waals surface area contributed by atoms with Crippen LogP contribution in [-0.2, 0) is 9.53 Å². The number of fused-ring (bicyclic) bond motifs is 1. The van der Waals surface area contributed by atoms with Crippen molar-refractivity contribution in [3.8, 4) is 5.69 Å². The van der Waals surface area contributed by atoms with Crippen LogP contribution in [0.15, 0.2) is 71.3 Å². The molecule has 0 atom stereocenters. The van der Waals surface area contributed by atoms with Crippen molar-refractivity contribution in [3.63, 3.8) is 0 Å². The van der Waals surface area contributed by atoms with Crippen molar-refractivity contribution < 1.29 is 28.2 Å². The van der Waals surface area contributed by atoms with Gasteiger partial charge in [0.05, 0.1) is 22.5 Å². The Labute approximate surface area is 247 Å². The number of hydrogen-bond donors (Lipinski definition) is 1. The molecule has 214 valence electrons. The predicted octanol–water partition coefficient (Wildman–Crippen LogP) is 5.36. The van der Waals surface area contributed by atoms with Crippen LogP contribution >= 0.6 is 23.2 Å². The van der Waals surface area contributed by atoms with E-state index in [1.165, 1.54) is 34.9 Å². The Bertz CT molecular complexity index is 1850. The first-order valence-electron chi connectivity index (χ1n) is 12.9. The van der Waals surface area contributed by atoms with E-state index in [0.29, 0.717) is 58.7 Å². The van der Waals surface area contributed by atoms with Crippen LogP contribution in [0.5, 0.6) is 0 Å². The van der Waals surface area contributed by atoms with Crippen molar-refractivity contribution in [1.29, 1.82) is 0 Å². The number of carboxylic acids is 1. The second kappa shape index (κ2) is 10.8. The SMILES string of the molecule is O=C1OCC(N2CCN(c3cc4c(cc3F)c(=O)c(C(=O)O)cn4-c3ccc(F)cc3)CC2)=C1c1cc(Cl)cc(Cl)c1. The molecule has 0 bridgehead atoms. The third-order valence-corrected chi connectivity index (χ3v) is 7.83. The van der Waals surface area contributed by atoms with Crippen molar-refractivity contribution in [2.24, 2.45) is 0 Å². The van der Waals surface area contributed by atoms with Crippen molar-refractivity contribution in [3.05, 3.63) is 110 Å². The topological polar surface area (TPSA) is 92.1 Å². The van der Waals surface area contributed by atoms with Crippen LogP contribution in [0.25, 0.3) is 22.2 Å². The number of benzene rings is 3. The molecular weight excluding hydrogens is 591 g/mol. The zero-order chi connectivity index (χ0) is 29.7. The molecule has 0 saturated carbocycles. The number of rotatable bonds is 5. The number of aromatic carboxylic acids is 1. The fourth-order valence-electron chi connectivity index (χ4n) is 5.39. The normalized spacial score (nSPS) is 15.5. The molecule has 8 nitrogen and oxygen atoms in total. The number of carbonyl (C=O) groups is 2. The van der Waals surface area contributed by atoms with Gasteiger partial charge in [-0.25, -0.2) is 18.4 Å². The number of piperazine rings is 1. The third kappa shape index (κ3) is 4.97. The van der Waals surface area contributed by atoms with Gasteiger partial charge in [0.15, 0.2) is 0 Å². The summed E-state index contributed by atoms with van der Waals surface area (Å²) in [4.78, 5) is 41.2. The minimum atomic E-state index is -1.46. The van der Waals surface area contributed by atoms with E-state index in [9.17, 15) is 23.9 Å². The second-order valence-corrected chi connectivity index (χ2v) is 10.7. The van der Waals surface area contributed by atoms with Crippen molar-refractivity contribution in [1.82, 2.24) is 9.47 Å². The Hall–Kier alpha value is -4.41. The van der Waals surface area contributed by atoms with Crippen LogP contribution in [0.4, 0.5) is 14.5 Å². The number of esters is 1. The quantitative estimate of drug-likeness (QED) is 0.304. The molecule has 1 fully saturated rings. The van der Waals surface area contributed by atoms with Gasteiger partial charge in [-0.3, -0.25) is 4.79 Å². The molecule has 2 aliphatic heterocycles. The molecule has 1 aromatic heterocycles. The Morgan fingerprint density at radius 2 is 1.52 bits per heavy atom. The molecule has 0 spiro atoms.